The number of nitrogens with one attached hydrogen (secondary N) is 1. The molecule has 0 radical (unpaired) electrons. The van der Waals surface area contributed by atoms with Crippen molar-refractivity contribution in [2.45, 2.75) is 19.9 Å². The summed E-state index contributed by atoms with van der Waals surface area (Å²) in [5.41, 5.74) is 0.171. The fraction of sp³-hybridized carbons (Fsp3) is 0.500. The molecule has 18 heavy (non-hydrogen) atoms. The Labute approximate surface area is 107 Å². The maximum atomic E-state index is 13.7. The molecule has 1 fully saturated rings. The minimum absolute atomic E-state index is 0.130. The third-order valence-corrected chi connectivity index (χ3v) is 3.42. The quantitative estimate of drug-likeness (QED) is 0.869. The van der Waals surface area contributed by atoms with Gasteiger partial charge in [-0.3, -0.25) is 4.79 Å². The first-order chi connectivity index (χ1) is 8.61. The van der Waals surface area contributed by atoms with Gasteiger partial charge in [0.15, 0.2) is 0 Å². The topological polar surface area (TPSA) is 32.3 Å². The molecule has 1 aromatic rings. The van der Waals surface area contributed by atoms with E-state index in [4.69, 9.17) is 0 Å². The average molecular weight is 250 g/mol. The van der Waals surface area contributed by atoms with E-state index in [1.54, 1.807) is 23.1 Å². The van der Waals surface area contributed by atoms with Crippen molar-refractivity contribution >= 4 is 5.91 Å². The van der Waals surface area contributed by atoms with Crippen molar-refractivity contribution in [1.29, 1.82) is 0 Å². The Morgan fingerprint density at radius 1 is 1.44 bits per heavy atom. The molecule has 1 unspecified atom stereocenters. The Balaban J connectivity index is 2.24. The highest BCUT2D eigenvalue weighted by Crippen LogP contribution is 2.18. The number of halogens is 1. The van der Waals surface area contributed by atoms with E-state index in [0.29, 0.717) is 12.5 Å². The number of hydrogen-bond acceptors (Lipinski definition) is 2. The maximum absolute atomic E-state index is 13.7. The molecule has 2 rings (SSSR count). The van der Waals surface area contributed by atoms with Crippen molar-refractivity contribution in [3.8, 4) is 0 Å². The lowest BCUT2D eigenvalue weighted by Crippen LogP contribution is -2.55. The fourth-order valence-electron chi connectivity index (χ4n) is 2.36. The predicted molar refractivity (Wildman–Crippen MR) is 68.9 cm³/mol. The van der Waals surface area contributed by atoms with Gasteiger partial charge in [0, 0.05) is 25.7 Å². The molecule has 98 valence electrons. The molecule has 1 aromatic carbocycles. The van der Waals surface area contributed by atoms with Crippen LogP contribution in [0.4, 0.5) is 4.39 Å². The van der Waals surface area contributed by atoms with E-state index in [0.717, 1.165) is 13.1 Å². The van der Waals surface area contributed by atoms with Gasteiger partial charge in [0.1, 0.15) is 5.82 Å². The SMILES string of the molecule is CC(C)C1CNCCN1C(=O)c1ccccc1F. The van der Waals surface area contributed by atoms with E-state index in [1.807, 2.05) is 0 Å². The summed E-state index contributed by atoms with van der Waals surface area (Å²) in [6.45, 7) is 6.34. The Kier molecular flexibility index (Phi) is 3.97. The highest BCUT2D eigenvalue weighted by molar-refractivity contribution is 5.94. The molecule has 3 nitrogen and oxygen atoms in total. The smallest absolute Gasteiger partial charge is 0.257 e. The van der Waals surface area contributed by atoms with Crippen LogP contribution in [0.5, 0.6) is 0 Å². The summed E-state index contributed by atoms with van der Waals surface area (Å²) in [6.07, 6.45) is 0. The Morgan fingerprint density at radius 2 is 2.17 bits per heavy atom. The number of amides is 1. The minimum atomic E-state index is -0.441. The number of rotatable bonds is 2. The predicted octanol–water partition coefficient (Wildman–Crippen LogP) is 1.90. The second-order valence-corrected chi connectivity index (χ2v) is 4.99. The van der Waals surface area contributed by atoms with Gasteiger partial charge in [-0.2, -0.15) is 0 Å². The van der Waals surface area contributed by atoms with E-state index < -0.39 is 5.82 Å². The van der Waals surface area contributed by atoms with Gasteiger partial charge in [-0.05, 0) is 18.1 Å². The summed E-state index contributed by atoms with van der Waals surface area (Å²) >= 11 is 0. The third-order valence-electron chi connectivity index (χ3n) is 3.42. The molecule has 1 amide bonds. The Morgan fingerprint density at radius 3 is 2.83 bits per heavy atom. The highest BCUT2D eigenvalue weighted by atomic mass is 19.1. The van der Waals surface area contributed by atoms with Gasteiger partial charge in [0.05, 0.1) is 5.56 Å². The molecule has 0 spiro atoms. The van der Waals surface area contributed by atoms with Gasteiger partial charge in [0.2, 0.25) is 0 Å². The fourth-order valence-corrected chi connectivity index (χ4v) is 2.36. The van der Waals surface area contributed by atoms with E-state index in [9.17, 15) is 9.18 Å². The standard InChI is InChI=1S/C14H19FN2O/c1-10(2)13-9-16-7-8-17(13)14(18)11-5-3-4-6-12(11)15/h3-6,10,13,16H,7-9H2,1-2H3. The average Bonchev–Trinajstić information content (AvgIpc) is 2.38. The van der Waals surface area contributed by atoms with Crippen molar-refractivity contribution in [3.05, 3.63) is 35.6 Å². The molecular weight excluding hydrogens is 231 g/mol. The van der Waals surface area contributed by atoms with E-state index >= 15 is 0 Å². The van der Waals surface area contributed by atoms with Crippen LogP contribution in [0, 0.1) is 11.7 Å². The first-order valence-electron chi connectivity index (χ1n) is 6.37. The number of piperazine rings is 1. The van der Waals surface area contributed by atoms with Crippen LogP contribution in [0.25, 0.3) is 0 Å². The van der Waals surface area contributed by atoms with Crippen LogP contribution in [0.1, 0.15) is 24.2 Å². The molecule has 4 heteroatoms. The van der Waals surface area contributed by atoms with Crippen LogP contribution in [0.2, 0.25) is 0 Å². The lowest BCUT2D eigenvalue weighted by Gasteiger charge is -2.38. The van der Waals surface area contributed by atoms with E-state index in [1.165, 1.54) is 6.07 Å². The van der Waals surface area contributed by atoms with Crippen molar-refractivity contribution in [2.24, 2.45) is 5.92 Å². The van der Waals surface area contributed by atoms with E-state index in [2.05, 4.69) is 19.2 Å². The summed E-state index contributed by atoms with van der Waals surface area (Å²) in [5.74, 6) is -0.287. The molecule has 1 aliphatic rings. The van der Waals surface area contributed by atoms with Crippen molar-refractivity contribution in [1.82, 2.24) is 10.2 Å². The summed E-state index contributed by atoms with van der Waals surface area (Å²) < 4.78 is 13.7. The van der Waals surface area contributed by atoms with Crippen LogP contribution in [0.3, 0.4) is 0 Å². The lowest BCUT2D eigenvalue weighted by atomic mass is 9.99. The van der Waals surface area contributed by atoms with Gasteiger partial charge < -0.3 is 10.2 Å². The van der Waals surface area contributed by atoms with Crippen LogP contribution in [-0.4, -0.2) is 36.5 Å². The zero-order valence-electron chi connectivity index (χ0n) is 10.8. The van der Waals surface area contributed by atoms with Gasteiger partial charge in [0.25, 0.3) is 5.91 Å². The van der Waals surface area contributed by atoms with E-state index in [-0.39, 0.29) is 17.5 Å². The van der Waals surface area contributed by atoms with Gasteiger partial charge in [-0.1, -0.05) is 26.0 Å². The van der Waals surface area contributed by atoms with Crippen LogP contribution < -0.4 is 5.32 Å². The normalized spacial score (nSPS) is 20.2. The Bertz CT molecular complexity index is 434. The molecule has 1 N–H and O–H groups in total. The molecule has 0 aromatic heterocycles. The first-order valence-corrected chi connectivity index (χ1v) is 6.37. The maximum Gasteiger partial charge on any atom is 0.257 e. The summed E-state index contributed by atoms with van der Waals surface area (Å²) in [7, 11) is 0. The van der Waals surface area contributed by atoms with Crippen LogP contribution in [0.15, 0.2) is 24.3 Å². The first kappa shape index (κ1) is 13.0. The zero-order chi connectivity index (χ0) is 13.1. The summed E-state index contributed by atoms with van der Waals surface area (Å²) in [6, 6.07) is 6.31. The molecule has 0 aliphatic carbocycles. The summed E-state index contributed by atoms with van der Waals surface area (Å²) in [4.78, 5) is 14.2. The number of carbonyl (C=O) groups is 1. The molecule has 1 atom stereocenters. The monoisotopic (exact) mass is 250 g/mol. The molecule has 0 saturated carbocycles. The van der Waals surface area contributed by atoms with Crippen molar-refractivity contribution in [3.63, 3.8) is 0 Å². The van der Waals surface area contributed by atoms with Gasteiger partial charge in [-0.25, -0.2) is 4.39 Å². The molecule has 1 saturated heterocycles. The number of hydrogen-bond donors (Lipinski definition) is 1. The largest absolute Gasteiger partial charge is 0.333 e. The van der Waals surface area contributed by atoms with Crippen LogP contribution >= 0.6 is 0 Å². The second kappa shape index (κ2) is 5.48. The summed E-state index contributed by atoms with van der Waals surface area (Å²) in [5, 5.41) is 3.28. The highest BCUT2D eigenvalue weighted by Gasteiger charge is 2.30. The van der Waals surface area contributed by atoms with Crippen molar-refractivity contribution < 1.29 is 9.18 Å². The second-order valence-electron chi connectivity index (χ2n) is 4.99. The molecular formula is C14H19FN2O. The van der Waals surface area contributed by atoms with Gasteiger partial charge in [-0.15, -0.1) is 0 Å². The number of benzene rings is 1. The molecule has 1 aliphatic heterocycles. The minimum Gasteiger partial charge on any atom is -0.333 e. The Hall–Kier alpha value is -1.42. The number of carbonyl (C=O) groups excluding carboxylic acids is 1. The zero-order valence-corrected chi connectivity index (χ0v) is 10.8. The lowest BCUT2D eigenvalue weighted by molar-refractivity contribution is 0.0568. The molecule has 0 bridgehead atoms. The van der Waals surface area contributed by atoms with Gasteiger partial charge >= 0.3 is 0 Å². The number of nitrogens with zero attached hydrogens (tertiary/aromatic N) is 1. The third kappa shape index (κ3) is 2.53. The molecule has 1 heterocycles. The van der Waals surface area contributed by atoms with Crippen molar-refractivity contribution in [2.75, 3.05) is 19.6 Å². The van der Waals surface area contributed by atoms with Crippen LogP contribution in [-0.2, 0) is 0 Å².